The molecule has 0 saturated heterocycles. The molecule has 0 aliphatic heterocycles. The molecule has 18 heavy (non-hydrogen) atoms. The standard InChI is InChI=1S/C12H22N2O3S/c1-5-9(2)10(3)14-18(15,16)12-7-6-11(17-12)8-13-4/h6-7,9-10,13-14H,5,8H2,1-4H3. The molecule has 0 amide bonds. The van der Waals surface area contributed by atoms with E-state index in [0.717, 1.165) is 6.42 Å². The lowest BCUT2D eigenvalue weighted by Crippen LogP contribution is -2.36. The number of nitrogens with one attached hydrogen (secondary N) is 2. The predicted molar refractivity (Wildman–Crippen MR) is 70.7 cm³/mol. The van der Waals surface area contributed by atoms with Crippen LogP contribution in [-0.2, 0) is 16.6 Å². The summed E-state index contributed by atoms with van der Waals surface area (Å²) in [4.78, 5) is 0. The van der Waals surface area contributed by atoms with Crippen molar-refractivity contribution in [1.29, 1.82) is 0 Å². The monoisotopic (exact) mass is 274 g/mol. The molecule has 0 radical (unpaired) electrons. The molecule has 0 bridgehead atoms. The van der Waals surface area contributed by atoms with Gasteiger partial charge in [-0.25, -0.2) is 13.1 Å². The van der Waals surface area contributed by atoms with Crippen molar-refractivity contribution in [3.63, 3.8) is 0 Å². The quantitative estimate of drug-likeness (QED) is 0.794. The van der Waals surface area contributed by atoms with Crippen molar-refractivity contribution in [1.82, 2.24) is 10.0 Å². The van der Waals surface area contributed by atoms with E-state index < -0.39 is 10.0 Å². The molecule has 1 heterocycles. The van der Waals surface area contributed by atoms with Crippen molar-refractivity contribution in [3.8, 4) is 0 Å². The molecule has 0 saturated carbocycles. The van der Waals surface area contributed by atoms with Gasteiger partial charge in [0.1, 0.15) is 5.76 Å². The second-order valence-electron chi connectivity index (χ2n) is 4.55. The summed E-state index contributed by atoms with van der Waals surface area (Å²) >= 11 is 0. The van der Waals surface area contributed by atoms with E-state index in [1.165, 1.54) is 6.07 Å². The van der Waals surface area contributed by atoms with Gasteiger partial charge < -0.3 is 9.73 Å². The van der Waals surface area contributed by atoms with Crippen LogP contribution in [0.25, 0.3) is 0 Å². The highest BCUT2D eigenvalue weighted by Gasteiger charge is 2.23. The summed E-state index contributed by atoms with van der Waals surface area (Å²) < 4.78 is 32.0. The van der Waals surface area contributed by atoms with E-state index in [1.54, 1.807) is 13.1 Å². The highest BCUT2D eigenvalue weighted by Crippen LogP contribution is 2.16. The Balaban J connectivity index is 2.79. The third kappa shape index (κ3) is 3.83. The molecule has 2 unspecified atom stereocenters. The van der Waals surface area contributed by atoms with Crippen LogP contribution in [0, 0.1) is 5.92 Å². The zero-order chi connectivity index (χ0) is 13.8. The predicted octanol–water partition coefficient (Wildman–Crippen LogP) is 1.71. The van der Waals surface area contributed by atoms with Crippen LogP contribution in [0.3, 0.4) is 0 Å². The van der Waals surface area contributed by atoms with Gasteiger partial charge in [0, 0.05) is 6.04 Å². The summed E-state index contributed by atoms with van der Waals surface area (Å²) in [6.45, 7) is 6.43. The summed E-state index contributed by atoms with van der Waals surface area (Å²) in [5.41, 5.74) is 0. The van der Waals surface area contributed by atoms with Gasteiger partial charge in [-0.15, -0.1) is 0 Å². The topological polar surface area (TPSA) is 71.3 Å². The highest BCUT2D eigenvalue weighted by molar-refractivity contribution is 7.89. The molecule has 5 nitrogen and oxygen atoms in total. The summed E-state index contributed by atoms with van der Waals surface area (Å²) in [5, 5.41) is 2.88. The molecule has 104 valence electrons. The average Bonchev–Trinajstić information content (AvgIpc) is 2.77. The normalized spacial score (nSPS) is 15.6. The molecule has 6 heteroatoms. The Hall–Kier alpha value is -0.850. The van der Waals surface area contributed by atoms with Crippen LogP contribution in [0.1, 0.15) is 33.0 Å². The number of hydrogen-bond acceptors (Lipinski definition) is 4. The van der Waals surface area contributed by atoms with Gasteiger partial charge in [0.2, 0.25) is 5.09 Å². The van der Waals surface area contributed by atoms with Crippen molar-refractivity contribution in [2.75, 3.05) is 7.05 Å². The van der Waals surface area contributed by atoms with Gasteiger partial charge >= 0.3 is 0 Å². The fourth-order valence-electron chi connectivity index (χ4n) is 1.54. The van der Waals surface area contributed by atoms with Crippen molar-refractivity contribution in [2.24, 2.45) is 5.92 Å². The minimum atomic E-state index is -3.56. The van der Waals surface area contributed by atoms with E-state index in [2.05, 4.69) is 10.0 Å². The van der Waals surface area contributed by atoms with Crippen LogP contribution in [0.5, 0.6) is 0 Å². The van der Waals surface area contributed by atoms with E-state index >= 15 is 0 Å². The lowest BCUT2D eigenvalue weighted by atomic mass is 10.0. The number of furan rings is 1. The van der Waals surface area contributed by atoms with E-state index in [-0.39, 0.29) is 17.1 Å². The van der Waals surface area contributed by atoms with E-state index in [0.29, 0.717) is 12.3 Å². The molecule has 0 spiro atoms. The van der Waals surface area contributed by atoms with Gasteiger partial charge in [0.05, 0.1) is 6.54 Å². The van der Waals surface area contributed by atoms with Crippen LogP contribution >= 0.6 is 0 Å². The summed E-state index contributed by atoms with van der Waals surface area (Å²) in [5.74, 6) is 0.889. The summed E-state index contributed by atoms with van der Waals surface area (Å²) in [7, 11) is -1.78. The molecule has 0 aliphatic rings. The van der Waals surface area contributed by atoms with Gasteiger partial charge in [-0.3, -0.25) is 0 Å². The molecule has 1 aromatic rings. The molecule has 0 aromatic carbocycles. The first-order chi connectivity index (χ1) is 8.40. The molecule has 1 rings (SSSR count). The highest BCUT2D eigenvalue weighted by atomic mass is 32.2. The maximum atomic E-state index is 12.1. The Morgan fingerprint density at radius 1 is 1.33 bits per heavy atom. The van der Waals surface area contributed by atoms with Crippen molar-refractivity contribution in [3.05, 3.63) is 17.9 Å². The fourth-order valence-corrected chi connectivity index (χ4v) is 2.85. The van der Waals surface area contributed by atoms with Crippen LogP contribution in [0.4, 0.5) is 0 Å². The third-order valence-corrected chi connectivity index (χ3v) is 4.52. The first-order valence-electron chi connectivity index (χ1n) is 6.16. The molecule has 2 atom stereocenters. The van der Waals surface area contributed by atoms with Gasteiger partial charge in [0.25, 0.3) is 10.0 Å². The molecule has 0 fully saturated rings. The van der Waals surface area contributed by atoms with Crippen molar-refractivity contribution >= 4 is 10.0 Å². The van der Waals surface area contributed by atoms with Gasteiger partial charge in [-0.05, 0) is 32.0 Å². The lowest BCUT2D eigenvalue weighted by Gasteiger charge is -2.18. The Morgan fingerprint density at radius 2 is 2.00 bits per heavy atom. The molecule has 0 aliphatic carbocycles. The Labute approximate surface area is 109 Å². The minimum Gasteiger partial charge on any atom is -0.447 e. The van der Waals surface area contributed by atoms with Gasteiger partial charge in [-0.1, -0.05) is 20.3 Å². The van der Waals surface area contributed by atoms with Crippen LogP contribution in [-0.4, -0.2) is 21.5 Å². The Bertz CT molecular complexity index is 467. The average molecular weight is 274 g/mol. The van der Waals surface area contributed by atoms with E-state index in [9.17, 15) is 8.42 Å². The smallest absolute Gasteiger partial charge is 0.274 e. The Morgan fingerprint density at radius 3 is 2.56 bits per heavy atom. The maximum Gasteiger partial charge on any atom is 0.274 e. The number of sulfonamides is 1. The number of rotatable bonds is 7. The zero-order valence-electron chi connectivity index (χ0n) is 11.4. The summed E-state index contributed by atoms with van der Waals surface area (Å²) in [6.07, 6.45) is 0.923. The van der Waals surface area contributed by atoms with Crippen LogP contribution in [0.15, 0.2) is 21.6 Å². The first kappa shape index (κ1) is 15.2. The van der Waals surface area contributed by atoms with Gasteiger partial charge in [0.15, 0.2) is 0 Å². The fraction of sp³-hybridized carbons (Fsp3) is 0.667. The second-order valence-corrected chi connectivity index (χ2v) is 6.19. The number of hydrogen-bond donors (Lipinski definition) is 2. The minimum absolute atomic E-state index is 0.0251. The largest absolute Gasteiger partial charge is 0.447 e. The van der Waals surface area contributed by atoms with Crippen molar-refractivity contribution < 1.29 is 12.8 Å². The SMILES string of the molecule is CCC(C)C(C)NS(=O)(=O)c1ccc(CNC)o1. The second kappa shape index (κ2) is 6.36. The first-order valence-corrected chi connectivity index (χ1v) is 7.64. The van der Waals surface area contributed by atoms with Crippen LogP contribution < -0.4 is 10.0 Å². The van der Waals surface area contributed by atoms with E-state index in [1.807, 2.05) is 20.8 Å². The Kier molecular flexibility index (Phi) is 5.37. The maximum absolute atomic E-state index is 12.1. The summed E-state index contributed by atoms with van der Waals surface area (Å²) in [6, 6.07) is 3.04. The third-order valence-electron chi connectivity index (χ3n) is 3.09. The zero-order valence-corrected chi connectivity index (χ0v) is 12.2. The van der Waals surface area contributed by atoms with E-state index in [4.69, 9.17) is 4.42 Å². The molecule has 1 aromatic heterocycles. The molecule has 2 N–H and O–H groups in total. The van der Waals surface area contributed by atoms with Crippen LogP contribution in [0.2, 0.25) is 0 Å². The molecular weight excluding hydrogens is 252 g/mol. The lowest BCUT2D eigenvalue weighted by molar-refractivity contribution is 0.391. The molecular formula is C12H22N2O3S. The van der Waals surface area contributed by atoms with Crippen molar-refractivity contribution in [2.45, 2.75) is 44.9 Å². The van der Waals surface area contributed by atoms with Gasteiger partial charge in [-0.2, -0.15) is 0 Å².